The molecule has 2 aromatic carbocycles. The lowest BCUT2D eigenvalue weighted by molar-refractivity contribution is -0.140. The van der Waals surface area contributed by atoms with Crippen molar-refractivity contribution in [3.8, 4) is 0 Å². The van der Waals surface area contributed by atoms with Gasteiger partial charge in [0.1, 0.15) is 12.6 Å². The Morgan fingerprint density at radius 2 is 1.74 bits per heavy atom. The molecule has 0 spiro atoms. The smallest absolute Gasteiger partial charge is 0.244 e. The molecule has 1 atom stereocenters. The molecule has 7 nitrogen and oxygen atoms in total. The van der Waals surface area contributed by atoms with Crippen LogP contribution in [0.15, 0.2) is 48.5 Å². The molecule has 190 valence electrons. The standard InChI is InChI=1S/C26H34ClN3O4S/c1-4-23(26(32)28-21-13-8-9-14-21)29(17-20-11-6-5-7-12-20)25(31)18-30(35(3,33)34)24-16-10-15-22(27)19(24)2/h5-7,10-12,15-16,21,23H,4,8-9,13-14,17-18H2,1-3H3,(H,28,32)/t23-/m1/s1. The number of carbonyl (C=O) groups excluding carboxylic acids is 2. The van der Waals surface area contributed by atoms with E-state index in [4.69, 9.17) is 11.6 Å². The molecule has 1 N–H and O–H groups in total. The van der Waals surface area contributed by atoms with Crippen molar-refractivity contribution in [2.24, 2.45) is 0 Å². The third-order valence-corrected chi connectivity index (χ3v) is 8.01. The number of benzene rings is 2. The molecule has 0 aromatic heterocycles. The number of amides is 2. The topological polar surface area (TPSA) is 86.8 Å². The van der Waals surface area contributed by atoms with Crippen molar-refractivity contribution in [3.05, 3.63) is 64.7 Å². The third-order valence-electron chi connectivity index (χ3n) is 6.47. The second-order valence-electron chi connectivity index (χ2n) is 9.07. The fraction of sp³-hybridized carbons (Fsp3) is 0.462. The van der Waals surface area contributed by atoms with Crippen LogP contribution >= 0.6 is 11.6 Å². The van der Waals surface area contributed by atoms with E-state index in [0.717, 1.165) is 41.8 Å². The summed E-state index contributed by atoms with van der Waals surface area (Å²) in [5, 5.41) is 3.51. The van der Waals surface area contributed by atoms with Gasteiger partial charge in [0.15, 0.2) is 0 Å². The summed E-state index contributed by atoms with van der Waals surface area (Å²) in [6, 6.07) is 13.7. The molecule has 0 heterocycles. The van der Waals surface area contributed by atoms with E-state index in [2.05, 4.69) is 5.32 Å². The Morgan fingerprint density at radius 1 is 1.09 bits per heavy atom. The summed E-state index contributed by atoms with van der Waals surface area (Å²) in [6.07, 6.45) is 5.50. The monoisotopic (exact) mass is 519 g/mol. The zero-order valence-electron chi connectivity index (χ0n) is 20.5. The number of hydrogen-bond donors (Lipinski definition) is 1. The van der Waals surface area contributed by atoms with Gasteiger partial charge >= 0.3 is 0 Å². The molecule has 0 bridgehead atoms. The average molecular weight is 520 g/mol. The van der Waals surface area contributed by atoms with Gasteiger partial charge in [-0.2, -0.15) is 0 Å². The van der Waals surface area contributed by atoms with E-state index in [1.165, 1.54) is 4.90 Å². The third kappa shape index (κ3) is 6.98. The van der Waals surface area contributed by atoms with Crippen LogP contribution in [0.3, 0.4) is 0 Å². The molecule has 0 radical (unpaired) electrons. The van der Waals surface area contributed by atoms with Crippen LogP contribution in [0, 0.1) is 6.92 Å². The maximum Gasteiger partial charge on any atom is 0.244 e. The number of carbonyl (C=O) groups is 2. The van der Waals surface area contributed by atoms with Crippen molar-refractivity contribution in [1.29, 1.82) is 0 Å². The maximum absolute atomic E-state index is 13.7. The number of sulfonamides is 1. The summed E-state index contributed by atoms with van der Waals surface area (Å²) in [5.74, 6) is -0.652. The van der Waals surface area contributed by atoms with Gasteiger partial charge in [0.2, 0.25) is 21.8 Å². The molecule has 1 saturated carbocycles. The first-order chi connectivity index (χ1) is 16.6. The van der Waals surface area contributed by atoms with Gasteiger partial charge < -0.3 is 10.2 Å². The highest BCUT2D eigenvalue weighted by Crippen LogP contribution is 2.28. The number of anilines is 1. The van der Waals surface area contributed by atoms with Crippen molar-refractivity contribution in [2.45, 2.75) is 64.6 Å². The molecule has 0 unspecified atom stereocenters. The summed E-state index contributed by atoms with van der Waals surface area (Å²) in [4.78, 5) is 28.5. The molecular formula is C26H34ClN3O4S. The molecule has 2 aromatic rings. The minimum absolute atomic E-state index is 0.117. The van der Waals surface area contributed by atoms with Gasteiger partial charge in [-0.15, -0.1) is 0 Å². The van der Waals surface area contributed by atoms with E-state index in [1.54, 1.807) is 25.1 Å². The van der Waals surface area contributed by atoms with E-state index in [1.807, 2.05) is 37.3 Å². The average Bonchev–Trinajstić information content (AvgIpc) is 3.32. The zero-order valence-corrected chi connectivity index (χ0v) is 22.1. The Hall–Kier alpha value is -2.58. The van der Waals surface area contributed by atoms with E-state index < -0.39 is 28.5 Å². The summed E-state index contributed by atoms with van der Waals surface area (Å²) in [5.41, 5.74) is 1.77. The highest BCUT2D eigenvalue weighted by atomic mass is 35.5. The zero-order chi connectivity index (χ0) is 25.6. The Balaban J connectivity index is 1.93. The van der Waals surface area contributed by atoms with Gasteiger partial charge in [0.25, 0.3) is 0 Å². The SMILES string of the molecule is CC[C@H](C(=O)NC1CCCC1)N(Cc1ccccc1)C(=O)CN(c1cccc(Cl)c1C)S(C)(=O)=O. The molecule has 35 heavy (non-hydrogen) atoms. The second-order valence-corrected chi connectivity index (χ2v) is 11.4. The van der Waals surface area contributed by atoms with Crippen molar-refractivity contribution in [3.63, 3.8) is 0 Å². The van der Waals surface area contributed by atoms with E-state index in [-0.39, 0.29) is 18.5 Å². The van der Waals surface area contributed by atoms with Gasteiger partial charge in [0.05, 0.1) is 11.9 Å². The fourth-order valence-electron chi connectivity index (χ4n) is 4.53. The first-order valence-corrected chi connectivity index (χ1v) is 14.2. The largest absolute Gasteiger partial charge is 0.352 e. The Bertz CT molecular complexity index is 1130. The molecule has 2 amide bonds. The molecule has 9 heteroatoms. The number of rotatable bonds is 10. The minimum atomic E-state index is -3.80. The van der Waals surface area contributed by atoms with Crippen LogP contribution in [0.1, 0.15) is 50.2 Å². The van der Waals surface area contributed by atoms with E-state index in [0.29, 0.717) is 22.7 Å². The van der Waals surface area contributed by atoms with Crippen LogP contribution in [0.2, 0.25) is 5.02 Å². The first-order valence-electron chi connectivity index (χ1n) is 12.0. The van der Waals surface area contributed by atoms with Crippen LogP contribution in [0.25, 0.3) is 0 Å². The lowest BCUT2D eigenvalue weighted by atomic mass is 10.1. The maximum atomic E-state index is 13.7. The molecule has 1 fully saturated rings. The molecule has 1 aliphatic rings. The highest BCUT2D eigenvalue weighted by molar-refractivity contribution is 7.92. The van der Waals surface area contributed by atoms with E-state index in [9.17, 15) is 18.0 Å². The molecule has 0 aliphatic heterocycles. The Morgan fingerprint density at radius 3 is 2.34 bits per heavy atom. The van der Waals surface area contributed by atoms with E-state index >= 15 is 0 Å². The predicted molar refractivity (Wildman–Crippen MR) is 140 cm³/mol. The van der Waals surface area contributed by atoms with Gasteiger partial charge in [-0.05, 0) is 49.4 Å². The number of hydrogen-bond acceptors (Lipinski definition) is 4. The molecule has 3 rings (SSSR count). The summed E-state index contributed by atoms with van der Waals surface area (Å²) < 4.78 is 26.6. The van der Waals surface area contributed by atoms with Crippen molar-refractivity contribution in [1.82, 2.24) is 10.2 Å². The first kappa shape index (κ1) is 27.0. The van der Waals surface area contributed by atoms with Crippen LogP contribution in [-0.4, -0.2) is 50.0 Å². The van der Waals surface area contributed by atoms with Gasteiger partial charge in [0, 0.05) is 17.6 Å². The minimum Gasteiger partial charge on any atom is -0.352 e. The Kier molecular flexibility index (Phi) is 9.19. The summed E-state index contributed by atoms with van der Waals surface area (Å²) >= 11 is 6.24. The fourth-order valence-corrected chi connectivity index (χ4v) is 5.60. The highest BCUT2D eigenvalue weighted by Gasteiger charge is 2.33. The summed E-state index contributed by atoms with van der Waals surface area (Å²) in [6.45, 7) is 3.34. The normalized spacial score (nSPS) is 15.0. The van der Waals surface area contributed by atoms with Crippen molar-refractivity contribution < 1.29 is 18.0 Å². The number of nitrogens with zero attached hydrogens (tertiary/aromatic N) is 2. The van der Waals surface area contributed by atoms with Crippen molar-refractivity contribution in [2.75, 3.05) is 17.1 Å². The Labute approximate surface area is 213 Å². The van der Waals surface area contributed by atoms with Gasteiger partial charge in [-0.25, -0.2) is 8.42 Å². The van der Waals surface area contributed by atoms with Crippen LogP contribution < -0.4 is 9.62 Å². The number of halogens is 1. The lowest BCUT2D eigenvalue weighted by Gasteiger charge is -2.33. The van der Waals surface area contributed by atoms with Crippen LogP contribution in [0.4, 0.5) is 5.69 Å². The van der Waals surface area contributed by atoms with Gasteiger partial charge in [-0.1, -0.05) is 67.8 Å². The van der Waals surface area contributed by atoms with Crippen molar-refractivity contribution >= 4 is 39.1 Å². The second kappa shape index (κ2) is 11.9. The number of nitrogens with one attached hydrogen (secondary N) is 1. The van der Waals surface area contributed by atoms with Gasteiger partial charge in [-0.3, -0.25) is 13.9 Å². The molecular weight excluding hydrogens is 486 g/mol. The molecule has 0 saturated heterocycles. The van der Waals surface area contributed by atoms with Crippen LogP contribution in [0.5, 0.6) is 0 Å². The van der Waals surface area contributed by atoms with Crippen LogP contribution in [-0.2, 0) is 26.2 Å². The quantitative estimate of drug-likeness (QED) is 0.507. The lowest BCUT2D eigenvalue weighted by Crippen LogP contribution is -2.53. The summed E-state index contributed by atoms with van der Waals surface area (Å²) in [7, 11) is -3.80. The predicted octanol–water partition coefficient (Wildman–Crippen LogP) is 4.28. The molecule has 1 aliphatic carbocycles.